The van der Waals surface area contributed by atoms with Gasteiger partial charge in [0.25, 0.3) is 0 Å². The number of ketones is 1. The van der Waals surface area contributed by atoms with Crippen molar-refractivity contribution in [3.8, 4) is 23.0 Å². The fourth-order valence-corrected chi connectivity index (χ4v) is 3.38. The van der Waals surface area contributed by atoms with Crippen molar-refractivity contribution in [1.29, 1.82) is 0 Å². The van der Waals surface area contributed by atoms with E-state index in [-0.39, 0.29) is 12.2 Å². The second-order valence-electron chi connectivity index (χ2n) is 7.14. The summed E-state index contributed by atoms with van der Waals surface area (Å²) in [5, 5.41) is 0. The fraction of sp³-hybridized carbons (Fsp3) is 0.409. The van der Waals surface area contributed by atoms with Crippen molar-refractivity contribution in [1.82, 2.24) is 0 Å². The van der Waals surface area contributed by atoms with E-state index in [1.54, 1.807) is 31.2 Å². The quantitative estimate of drug-likeness (QED) is 0.667. The van der Waals surface area contributed by atoms with Crippen LogP contribution in [0.2, 0.25) is 0 Å². The SMILES string of the molecule is COc1cc(CC(=O)c2ccc3c(c2)CCC(C)(C[18F])O3)cc(OC)c1OC. The molecule has 1 aliphatic rings. The maximum absolute atomic E-state index is 13.2. The van der Waals surface area contributed by atoms with E-state index in [0.29, 0.717) is 41.4 Å². The lowest BCUT2D eigenvalue weighted by atomic mass is 9.91. The van der Waals surface area contributed by atoms with E-state index in [0.717, 1.165) is 11.1 Å². The molecular formula is C22H25FO5. The van der Waals surface area contributed by atoms with E-state index in [1.807, 2.05) is 6.07 Å². The number of ether oxygens (including phenoxy) is 4. The Bertz CT molecular complexity index is 854. The summed E-state index contributed by atoms with van der Waals surface area (Å²) in [6.07, 6.45) is 1.46. The first-order chi connectivity index (χ1) is 13.4. The molecule has 0 fully saturated rings. The van der Waals surface area contributed by atoms with Crippen molar-refractivity contribution in [3.05, 3.63) is 47.0 Å². The molecule has 1 heterocycles. The molecule has 0 bridgehead atoms. The minimum absolute atomic E-state index is 0.0316. The molecule has 0 aromatic heterocycles. The number of rotatable bonds is 7. The lowest BCUT2D eigenvalue weighted by Gasteiger charge is -2.33. The van der Waals surface area contributed by atoms with Crippen LogP contribution < -0.4 is 18.9 Å². The van der Waals surface area contributed by atoms with Crippen molar-refractivity contribution >= 4 is 5.78 Å². The summed E-state index contributed by atoms with van der Waals surface area (Å²) in [7, 11) is 4.61. The number of carbonyl (C=O) groups is 1. The highest BCUT2D eigenvalue weighted by atomic mass is 18.2. The third-order valence-corrected chi connectivity index (χ3v) is 5.03. The molecule has 0 spiro atoms. The van der Waals surface area contributed by atoms with Crippen LogP contribution in [-0.4, -0.2) is 39.4 Å². The lowest BCUT2D eigenvalue weighted by molar-refractivity contribution is 0.0392. The average molecular weight is 387 g/mol. The van der Waals surface area contributed by atoms with E-state index in [4.69, 9.17) is 18.9 Å². The number of alkyl halides is 1. The van der Waals surface area contributed by atoms with Gasteiger partial charge in [0.1, 0.15) is 18.0 Å². The molecule has 1 unspecified atom stereocenters. The van der Waals surface area contributed by atoms with Crippen LogP contribution in [0.3, 0.4) is 0 Å². The Hall–Kier alpha value is -2.76. The zero-order chi connectivity index (χ0) is 20.3. The zero-order valence-electron chi connectivity index (χ0n) is 16.6. The molecular weight excluding hydrogens is 362 g/mol. The van der Waals surface area contributed by atoms with E-state index < -0.39 is 12.3 Å². The molecule has 150 valence electrons. The summed E-state index contributed by atoms with van der Waals surface area (Å²) in [4.78, 5) is 12.8. The highest BCUT2D eigenvalue weighted by Gasteiger charge is 2.32. The topological polar surface area (TPSA) is 54.0 Å². The first kappa shape index (κ1) is 20.0. The first-order valence-electron chi connectivity index (χ1n) is 9.13. The van der Waals surface area contributed by atoms with Crippen molar-refractivity contribution in [3.63, 3.8) is 0 Å². The van der Waals surface area contributed by atoms with Gasteiger partial charge in [-0.1, -0.05) is 0 Å². The number of fused-ring (bicyclic) bond motifs is 1. The molecule has 0 aliphatic carbocycles. The molecule has 0 radical (unpaired) electrons. The molecule has 0 amide bonds. The van der Waals surface area contributed by atoms with Crippen LogP contribution >= 0.6 is 0 Å². The number of methoxy groups -OCH3 is 3. The Morgan fingerprint density at radius 1 is 1.11 bits per heavy atom. The predicted molar refractivity (Wildman–Crippen MR) is 104 cm³/mol. The van der Waals surface area contributed by atoms with Crippen molar-refractivity contribution in [2.45, 2.75) is 31.8 Å². The van der Waals surface area contributed by atoms with Gasteiger partial charge in [-0.2, -0.15) is 0 Å². The number of benzene rings is 2. The highest BCUT2D eigenvalue weighted by molar-refractivity contribution is 5.98. The van der Waals surface area contributed by atoms with Crippen LogP contribution in [0.5, 0.6) is 23.0 Å². The zero-order valence-corrected chi connectivity index (χ0v) is 16.6. The van der Waals surface area contributed by atoms with Gasteiger partial charge in [-0.25, -0.2) is 4.39 Å². The Morgan fingerprint density at radius 2 is 1.79 bits per heavy atom. The average Bonchev–Trinajstić information content (AvgIpc) is 2.72. The summed E-state index contributed by atoms with van der Waals surface area (Å²) in [6, 6.07) is 8.86. The van der Waals surface area contributed by atoms with Crippen LogP contribution in [0.15, 0.2) is 30.3 Å². The Balaban J connectivity index is 1.83. The number of hydrogen-bond acceptors (Lipinski definition) is 5. The van der Waals surface area contributed by atoms with Gasteiger partial charge in [0, 0.05) is 12.0 Å². The van der Waals surface area contributed by atoms with Crippen molar-refractivity contribution < 1.29 is 28.1 Å². The van der Waals surface area contributed by atoms with Crippen molar-refractivity contribution in [2.24, 2.45) is 0 Å². The predicted octanol–water partition coefficient (Wildman–Crippen LogP) is 4.19. The normalized spacial score (nSPS) is 18.0. The van der Waals surface area contributed by atoms with E-state index in [1.165, 1.54) is 21.3 Å². The van der Waals surface area contributed by atoms with Gasteiger partial charge in [0.15, 0.2) is 17.3 Å². The summed E-state index contributed by atoms with van der Waals surface area (Å²) in [5.41, 5.74) is 1.51. The number of halogens is 1. The standard InChI is InChI=1S/C22H25FO5/c1-22(13-23)8-7-16-12-15(5-6-18(16)28-22)17(24)9-14-10-19(25-2)21(27-4)20(11-14)26-3/h5-6,10-12H,7-9,13H2,1-4H3/i23-1. The van der Waals surface area contributed by atoms with Gasteiger partial charge < -0.3 is 18.9 Å². The molecule has 2 aromatic rings. The van der Waals surface area contributed by atoms with Gasteiger partial charge in [-0.05, 0) is 61.2 Å². The molecule has 0 saturated carbocycles. The molecule has 6 heteroatoms. The minimum atomic E-state index is -0.783. The van der Waals surface area contributed by atoms with E-state index >= 15 is 0 Å². The fourth-order valence-electron chi connectivity index (χ4n) is 3.38. The number of Topliss-reactive ketones (excluding diaryl/α,β-unsaturated/α-hetero) is 1. The molecule has 5 nitrogen and oxygen atoms in total. The second kappa shape index (κ2) is 8.09. The van der Waals surface area contributed by atoms with E-state index in [9.17, 15) is 9.18 Å². The highest BCUT2D eigenvalue weighted by Crippen LogP contribution is 2.39. The molecule has 1 atom stereocenters. The summed E-state index contributed by atoms with van der Waals surface area (Å²) in [6.45, 7) is 1.23. The Kier molecular flexibility index (Phi) is 5.77. The largest absolute Gasteiger partial charge is 0.493 e. The van der Waals surface area contributed by atoms with Gasteiger partial charge in [-0.15, -0.1) is 0 Å². The van der Waals surface area contributed by atoms with Crippen LogP contribution in [-0.2, 0) is 12.8 Å². The molecule has 0 saturated heterocycles. The van der Waals surface area contributed by atoms with Crippen LogP contribution in [0.25, 0.3) is 0 Å². The maximum Gasteiger partial charge on any atom is 0.203 e. The van der Waals surface area contributed by atoms with Gasteiger partial charge in [0.05, 0.1) is 21.3 Å². The molecule has 1 aliphatic heterocycles. The third-order valence-electron chi connectivity index (χ3n) is 5.03. The number of carbonyl (C=O) groups excluding carboxylic acids is 1. The van der Waals surface area contributed by atoms with Gasteiger partial charge in [-0.3, -0.25) is 4.79 Å². The second-order valence-corrected chi connectivity index (χ2v) is 7.14. The van der Waals surface area contributed by atoms with Gasteiger partial charge >= 0.3 is 0 Å². The molecule has 2 aromatic carbocycles. The Morgan fingerprint density at radius 3 is 2.36 bits per heavy atom. The van der Waals surface area contributed by atoms with Crippen molar-refractivity contribution in [2.75, 3.05) is 28.0 Å². The molecule has 28 heavy (non-hydrogen) atoms. The molecule has 3 rings (SSSR count). The number of hydrogen-bond donors (Lipinski definition) is 0. The lowest BCUT2D eigenvalue weighted by Crippen LogP contribution is -2.38. The smallest absolute Gasteiger partial charge is 0.203 e. The Labute approximate surface area is 164 Å². The summed E-state index contributed by atoms with van der Waals surface area (Å²) in [5.74, 6) is 2.12. The van der Waals surface area contributed by atoms with Crippen LogP contribution in [0.4, 0.5) is 4.39 Å². The van der Waals surface area contributed by atoms with Gasteiger partial charge in [0.2, 0.25) is 5.75 Å². The maximum atomic E-state index is 13.2. The monoisotopic (exact) mass is 387 g/mol. The summed E-state index contributed by atoms with van der Waals surface area (Å²) < 4.78 is 35.0. The van der Waals surface area contributed by atoms with E-state index in [2.05, 4.69) is 0 Å². The van der Waals surface area contributed by atoms with Crippen LogP contribution in [0.1, 0.15) is 34.8 Å². The third kappa shape index (κ3) is 3.91. The summed E-state index contributed by atoms with van der Waals surface area (Å²) >= 11 is 0. The first-order valence-corrected chi connectivity index (χ1v) is 9.13. The van der Waals surface area contributed by atoms with Crippen LogP contribution in [0, 0.1) is 0 Å². The number of aryl methyl sites for hydroxylation is 1. The molecule has 0 N–H and O–H groups in total. The minimum Gasteiger partial charge on any atom is -0.493 e.